The smallest absolute Gasteiger partial charge is 0.246 e. The fourth-order valence-corrected chi connectivity index (χ4v) is 0.790. The van der Waals surface area contributed by atoms with Gasteiger partial charge in [0.15, 0.2) is 0 Å². The minimum absolute atomic E-state index is 0.0491. The van der Waals surface area contributed by atoms with Crippen LogP contribution in [0.5, 0.6) is 0 Å². The maximum Gasteiger partial charge on any atom is 0.246 e. The fourth-order valence-electron chi connectivity index (χ4n) is 0.790. The van der Waals surface area contributed by atoms with Crippen molar-refractivity contribution < 1.29 is 4.79 Å². The molecule has 0 rings (SSSR count). The average Bonchev–Trinajstić information content (AvgIpc) is 2.10. The van der Waals surface area contributed by atoms with Gasteiger partial charge in [0.25, 0.3) is 0 Å². The molecule has 1 N–H and O–H groups in total. The summed E-state index contributed by atoms with van der Waals surface area (Å²) in [6, 6.07) is 2.05. The van der Waals surface area contributed by atoms with Gasteiger partial charge in [-0.1, -0.05) is 6.08 Å². The van der Waals surface area contributed by atoms with Crippen LogP contribution in [0, 0.1) is 11.3 Å². The number of unbranched alkanes of at least 4 members (excludes halogenated alkanes) is 2. The molecule has 0 aliphatic carbocycles. The molecule has 66 valence electrons. The Labute approximate surface area is 73.1 Å². The van der Waals surface area contributed by atoms with Gasteiger partial charge in [-0.05, 0) is 19.8 Å². The summed E-state index contributed by atoms with van der Waals surface area (Å²) in [5, 5.41) is 10.8. The Morgan fingerprint density at radius 1 is 1.67 bits per heavy atom. The maximum absolute atomic E-state index is 10.9. The third-order valence-corrected chi connectivity index (χ3v) is 1.53. The van der Waals surface area contributed by atoms with Gasteiger partial charge in [-0.25, -0.2) is 0 Å². The first-order valence-corrected chi connectivity index (χ1v) is 3.98. The number of nitrogens with zero attached hydrogens (tertiary/aromatic N) is 1. The van der Waals surface area contributed by atoms with Crippen molar-refractivity contribution in [3.05, 3.63) is 11.6 Å². The monoisotopic (exact) mass is 166 g/mol. The van der Waals surface area contributed by atoms with Crippen molar-refractivity contribution in [2.24, 2.45) is 0 Å². The van der Waals surface area contributed by atoms with E-state index in [1.54, 1.807) is 14.0 Å². The Kier molecular flexibility index (Phi) is 5.72. The molecular formula is C9H14N2O. The second-order valence-corrected chi connectivity index (χ2v) is 2.52. The van der Waals surface area contributed by atoms with Crippen LogP contribution in [0.25, 0.3) is 0 Å². The molecule has 3 heteroatoms. The van der Waals surface area contributed by atoms with Crippen molar-refractivity contribution in [3.8, 4) is 6.07 Å². The lowest BCUT2D eigenvalue weighted by molar-refractivity contribution is -0.117. The van der Waals surface area contributed by atoms with Crippen molar-refractivity contribution in [1.82, 2.24) is 5.32 Å². The highest BCUT2D eigenvalue weighted by Crippen LogP contribution is 2.00. The molecule has 0 spiro atoms. The first-order chi connectivity index (χ1) is 5.72. The largest absolute Gasteiger partial charge is 0.355 e. The van der Waals surface area contributed by atoms with Gasteiger partial charge in [0.05, 0.1) is 6.07 Å². The van der Waals surface area contributed by atoms with Crippen molar-refractivity contribution >= 4 is 5.91 Å². The standard InChI is InChI=1S/C9H14N2O/c1-8(9(12)11-2)6-4-3-5-7-10/h6H,3-5H2,1-2H3,(H,11,12)/b8-6+. The lowest BCUT2D eigenvalue weighted by Gasteiger charge is -1.97. The number of amides is 1. The van der Waals surface area contributed by atoms with Gasteiger partial charge < -0.3 is 5.32 Å². The van der Waals surface area contributed by atoms with Crippen LogP contribution in [0.15, 0.2) is 11.6 Å². The van der Waals surface area contributed by atoms with Crippen molar-refractivity contribution in [2.45, 2.75) is 26.2 Å². The molecule has 12 heavy (non-hydrogen) atoms. The fraction of sp³-hybridized carbons (Fsp3) is 0.556. The van der Waals surface area contributed by atoms with E-state index in [1.165, 1.54) is 0 Å². The molecule has 0 aromatic heterocycles. The summed E-state index contributed by atoms with van der Waals surface area (Å²) in [7, 11) is 1.61. The minimum atomic E-state index is -0.0491. The number of carbonyl (C=O) groups excluding carboxylic acids is 1. The third-order valence-electron chi connectivity index (χ3n) is 1.53. The van der Waals surface area contributed by atoms with Crippen LogP contribution in [0.3, 0.4) is 0 Å². The van der Waals surface area contributed by atoms with Gasteiger partial charge in [-0.15, -0.1) is 0 Å². The zero-order chi connectivity index (χ0) is 9.40. The Morgan fingerprint density at radius 2 is 2.33 bits per heavy atom. The predicted octanol–water partition coefficient (Wildman–Crippen LogP) is 1.37. The van der Waals surface area contributed by atoms with Crippen LogP contribution in [-0.4, -0.2) is 13.0 Å². The van der Waals surface area contributed by atoms with E-state index in [0.29, 0.717) is 6.42 Å². The first-order valence-electron chi connectivity index (χ1n) is 3.98. The summed E-state index contributed by atoms with van der Waals surface area (Å²) >= 11 is 0. The minimum Gasteiger partial charge on any atom is -0.355 e. The number of hydrogen-bond acceptors (Lipinski definition) is 2. The molecule has 3 nitrogen and oxygen atoms in total. The summed E-state index contributed by atoms with van der Waals surface area (Å²) in [4.78, 5) is 10.9. The van der Waals surface area contributed by atoms with Crippen molar-refractivity contribution in [1.29, 1.82) is 5.26 Å². The maximum atomic E-state index is 10.9. The molecule has 0 unspecified atom stereocenters. The molecule has 1 amide bonds. The Morgan fingerprint density at radius 3 is 2.83 bits per heavy atom. The summed E-state index contributed by atoms with van der Waals surface area (Å²) in [6.07, 6.45) is 4.03. The van der Waals surface area contributed by atoms with E-state index in [-0.39, 0.29) is 5.91 Å². The van der Waals surface area contributed by atoms with Crippen molar-refractivity contribution in [3.63, 3.8) is 0 Å². The SMILES string of the molecule is CNC(=O)/C(C)=C/CCCC#N. The van der Waals surface area contributed by atoms with Gasteiger partial charge in [0.1, 0.15) is 0 Å². The molecule has 0 aromatic carbocycles. The number of likely N-dealkylation sites (N-methyl/N-ethyl adjacent to an activating group) is 1. The number of allylic oxidation sites excluding steroid dienone is 1. The van der Waals surface area contributed by atoms with Crippen LogP contribution in [0.2, 0.25) is 0 Å². The number of hydrogen-bond donors (Lipinski definition) is 1. The quantitative estimate of drug-likeness (QED) is 0.506. The Bertz CT molecular complexity index is 213. The van der Waals surface area contributed by atoms with Gasteiger partial charge in [0, 0.05) is 19.0 Å². The van der Waals surface area contributed by atoms with Crippen molar-refractivity contribution in [2.75, 3.05) is 7.05 Å². The normalized spacial score (nSPS) is 10.6. The van der Waals surface area contributed by atoms with Gasteiger partial charge >= 0.3 is 0 Å². The van der Waals surface area contributed by atoms with E-state index in [9.17, 15) is 4.79 Å². The summed E-state index contributed by atoms with van der Waals surface area (Å²) < 4.78 is 0. The zero-order valence-corrected chi connectivity index (χ0v) is 7.55. The summed E-state index contributed by atoms with van der Waals surface area (Å²) in [5.41, 5.74) is 0.718. The second-order valence-electron chi connectivity index (χ2n) is 2.52. The van der Waals surface area contributed by atoms with E-state index in [4.69, 9.17) is 5.26 Å². The number of rotatable bonds is 4. The number of nitriles is 1. The van der Waals surface area contributed by atoms with E-state index < -0.39 is 0 Å². The highest BCUT2D eigenvalue weighted by molar-refractivity contribution is 5.92. The molecule has 0 saturated heterocycles. The molecule has 0 heterocycles. The third kappa shape index (κ3) is 4.51. The molecule has 0 aliphatic heterocycles. The predicted molar refractivity (Wildman–Crippen MR) is 47.3 cm³/mol. The van der Waals surface area contributed by atoms with Gasteiger partial charge in [-0.3, -0.25) is 4.79 Å². The molecule has 0 bridgehead atoms. The molecule has 0 fully saturated rings. The molecule has 0 radical (unpaired) electrons. The second kappa shape index (κ2) is 6.41. The first kappa shape index (κ1) is 10.7. The highest BCUT2D eigenvalue weighted by atomic mass is 16.1. The molecule has 0 saturated carbocycles. The topological polar surface area (TPSA) is 52.9 Å². The average molecular weight is 166 g/mol. The van der Waals surface area contributed by atoms with Crippen LogP contribution >= 0.6 is 0 Å². The lowest BCUT2D eigenvalue weighted by Crippen LogP contribution is -2.18. The summed E-state index contributed by atoms with van der Waals surface area (Å²) in [5.74, 6) is -0.0491. The van der Waals surface area contributed by atoms with Crippen LogP contribution in [0.4, 0.5) is 0 Å². The summed E-state index contributed by atoms with van der Waals surface area (Å²) in [6.45, 7) is 1.77. The molecule has 0 aromatic rings. The Hall–Kier alpha value is -1.30. The van der Waals surface area contributed by atoms with E-state index in [2.05, 4.69) is 11.4 Å². The lowest BCUT2D eigenvalue weighted by atomic mass is 10.2. The van der Waals surface area contributed by atoms with Crippen LogP contribution in [0.1, 0.15) is 26.2 Å². The molecular weight excluding hydrogens is 152 g/mol. The number of carbonyl (C=O) groups is 1. The van der Waals surface area contributed by atoms with Crippen LogP contribution in [-0.2, 0) is 4.79 Å². The van der Waals surface area contributed by atoms with Crippen LogP contribution < -0.4 is 5.32 Å². The zero-order valence-electron chi connectivity index (χ0n) is 7.55. The molecule has 0 atom stereocenters. The van der Waals surface area contributed by atoms with E-state index in [0.717, 1.165) is 18.4 Å². The highest BCUT2D eigenvalue weighted by Gasteiger charge is 1.98. The van der Waals surface area contributed by atoms with Gasteiger partial charge in [0.2, 0.25) is 5.91 Å². The van der Waals surface area contributed by atoms with Gasteiger partial charge in [-0.2, -0.15) is 5.26 Å². The Balaban J connectivity index is 3.70. The number of nitrogens with one attached hydrogen (secondary N) is 1. The van der Waals surface area contributed by atoms with E-state index in [1.807, 2.05) is 6.08 Å². The van der Waals surface area contributed by atoms with E-state index >= 15 is 0 Å². The molecule has 0 aliphatic rings.